The highest BCUT2D eigenvalue weighted by Crippen LogP contribution is 2.43. The van der Waals surface area contributed by atoms with Crippen LogP contribution in [0.1, 0.15) is 50.7 Å². The van der Waals surface area contributed by atoms with Crippen LogP contribution in [0.5, 0.6) is 11.5 Å². The van der Waals surface area contributed by atoms with E-state index < -0.39 is 0 Å². The van der Waals surface area contributed by atoms with Crippen molar-refractivity contribution in [3.05, 3.63) is 181 Å². The van der Waals surface area contributed by atoms with Crippen molar-refractivity contribution in [2.24, 2.45) is 0 Å². The average Bonchev–Trinajstić information content (AvgIpc) is 3.85. The van der Waals surface area contributed by atoms with Gasteiger partial charge in [-0.1, -0.05) is 64.1 Å². The van der Waals surface area contributed by atoms with Crippen molar-refractivity contribution >= 4 is 99.5 Å². The minimum absolute atomic E-state index is 0.453. The van der Waals surface area contributed by atoms with Crippen molar-refractivity contribution in [1.29, 1.82) is 0 Å². The maximum absolute atomic E-state index is 6.68. The largest absolute Gasteiger partial charge is 0.497 e. The molecule has 0 saturated carbocycles. The second-order valence-corrected chi connectivity index (χ2v) is 17.4. The summed E-state index contributed by atoms with van der Waals surface area (Å²) in [7, 11) is 3.39. The molecule has 2 heterocycles. The number of rotatable bonds is 10. The zero-order valence-corrected chi connectivity index (χ0v) is 36.8. The quantitative estimate of drug-likeness (QED) is 0.137. The topological polar surface area (TPSA) is 51.2 Å². The minimum atomic E-state index is 0.453. The van der Waals surface area contributed by atoms with E-state index in [-0.39, 0.29) is 0 Å². The van der Waals surface area contributed by atoms with Gasteiger partial charge in [-0.25, -0.2) is 0 Å². The molecule has 6 nitrogen and oxygen atoms in total. The molecule has 9 aromatic carbocycles. The Morgan fingerprint density at radius 2 is 0.641 bits per heavy atom. The van der Waals surface area contributed by atoms with Crippen LogP contribution in [0.15, 0.2) is 179 Å². The second kappa shape index (κ2) is 15.6. The molecule has 0 N–H and O–H groups in total. The number of hydrogen-bond acceptors (Lipinski definition) is 6. The van der Waals surface area contributed by atoms with Crippen LogP contribution in [-0.4, -0.2) is 14.2 Å². The number of benzene rings is 9. The summed E-state index contributed by atoms with van der Waals surface area (Å²) in [5.74, 6) is 2.55. The third-order valence-corrected chi connectivity index (χ3v) is 12.8. The molecule has 0 saturated heterocycles. The van der Waals surface area contributed by atoms with Crippen LogP contribution in [-0.2, 0) is 0 Å². The fourth-order valence-electron chi connectivity index (χ4n) is 9.16. The van der Waals surface area contributed by atoms with E-state index in [2.05, 4.69) is 183 Å². The van der Waals surface area contributed by atoms with Crippen molar-refractivity contribution in [2.75, 3.05) is 24.0 Å². The smallest absolute Gasteiger partial charge is 0.136 e. The van der Waals surface area contributed by atoms with Gasteiger partial charge in [0.25, 0.3) is 0 Å². The molecule has 11 rings (SSSR count). The van der Waals surface area contributed by atoms with Gasteiger partial charge in [0.1, 0.15) is 33.8 Å². The number of anilines is 6. The molecule has 0 spiro atoms. The summed E-state index contributed by atoms with van der Waals surface area (Å²) < 4.78 is 24.4. The molecular formula is C58H48N2O4. The van der Waals surface area contributed by atoms with E-state index in [0.717, 1.165) is 111 Å². The van der Waals surface area contributed by atoms with Crippen LogP contribution < -0.4 is 19.3 Å². The SMILES string of the molecule is COc1ccc(N(c2ccc(C(C)C)cc2)c2ccc3cc4c(cc3c2)oc2cc3c(cc24)oc2cc4cc(N(c5ccc(OC)cc5)c5ccc(C(C)C)cc5)ccc4cc23)cc1. The first-order valence-electron chi connectivity index (χ1n) is 22.0. The van der Waals surface area contributed by atoms with E-state index in [1.54, 1.807) is 14.2 Å². The number of ether oxygens (including phenoxy) is 2. The van der Waals surface area contributed by atoms with Gasteiger partial charge in [0.2, 0.25) is 0 Å². The molecule has 0 bridgehead atoms. The van der Waals surface area contributed by atoms with Crippen LogP contribution in [0.2, 0.25) is 0 Å². The van der Waals surface area contributed by atoms with Gasteiger partial charge in [0.05, 0.1) is 14.2 Å². The van der Waals surface area contributed by atoms with Gasteiger partial charge in [-0.3, -0.25) is 0 Å². The van der Waals surface area contributed by atoms with Crippen molar-refractivity contribution < 1.29 is 18.3 Å². The maximum atomic E-state index is 6.68. The molecule has 6 heteroatoms. The Hall–Kier alpha value is -7.70. The molecular weight excluding hydrogens is 789 g/mol. The van der Waals surface area contributed by atoms with Crippen LogP contribution >= 0.6 is 0 Å². The first-order valence-corrected chi connectivity index (χ1v) is 22.0. The molecule has 0 aliphatic rings. The molecule has 0 amide bonds. The average molecular weight is 837 g/mol. The zero-order chi connectivity index (χ0) is 43.6. The lowest BCUT2D eigenvalue weighted by Crippen LogP contribution is -2.10. The summed E-state index contributed by atoms with van der Waals surface area (Å²) in [6.45, 7) is 8.89. The Balaban J connectivity index is 0.976. The number of fused-ring (bicyclic) bond motifs is 8. The zero-order valence-electron chi connectivity index (χ0n) is 36.8. The van der Waals surface area contributed by atoms with Crippen LogP contribution in [0.4, 0.5) is 34.1 Å². The first-order chi connectivity index (χ1) is 31.2. The fourth-order valence-corrected chi connectivity index (χ4v) is 9.16. The summed E-state index contributed by atoms with van der Waals surface area (Å²) in [4.78, 5) is 4.58. The van der Waals surface area contributed by atoms with Crippen LogP contribution in [0, 0.1) is 0 Å². The summed E-state index contributed by atoms with van der Waals surface area (Å²) >= 11 is 0. The van der Waals surface area contributed by atoms with E-state index in [1.807, 2.05) is 24.3 Å². The third-order valence-electron chi connectivity index (χ3n) is 12.8. The van der Waals surface area contributed by atoms with Gasteiger partial charge in [0, 0.05) is 55.7 Å². The van der Waals surface area contributed by atoms with Gasteiger partial charge >= 0.3 is 0 Å². The molecule has 11 aromatic rings. The first kappa shape index (κ1) is 39.2. The number of nitrogens with zero attached hydrogens (tertiary/aromatic N) is 2. The monoisotopic (exact) mass is 836 g/mol. The number of methoxy groups -OCH3 is 2. The van der Waals surface area contributed by atoms with Crippen LogP contribution in [0.3, 0.4) is 0 Å². The van der Waals surface area contributed by atoms with E-state index in [9.17, 15) is 0 Å². The highest BCUT2D eigenvalue weighted by atomic mass is 16.5. The molecule has 0 fully saturated rings. The summed E-state index contributed by atoms with van der Waals surface area (Å²) in [5.41, 5.74) is 12.4. The van der Waals surface area contributed by atoms with E-state index in [0.29, 0.717) is 11.8 Å². The van der Waals surface area contributed by atoms with Gasteiger partial charge in [0.15, 0.2) is 0 Å². The lowest BCUT2D eigenvalue weighted by Gasteiger charge is -2.26. The normalized spacial score (nSPS) is 11.9. The van der Waals surface area contributed by atoms with Gasteiger partial charge in [-0.05, 0) is 178 Å². The fraction of sp³-hybridized carbons (Fsp3) is 0.138. The summed E-state index contributed by atoms with van der Waals surface area (Å²) in [6, 6.07) is 60.6. The minimum Gasteiger partial charge on any atom is -0.497 e. The van der Waals surface area contributed by atoms with Gasteiger partial charge in [-0.2, -0.15) is 0 Å². The Kier molecular flexibility index (Phi) is 9.54. The molecule has 314 valence electrons. The predicted molar refractivity (Wildman–Crippen MR) is 267 cm³/mol. The summed E-state index contributed by atoms with van der Waals surface area (Å²) in [6.07, 6.45) is 0. The molecule has 2 aromatic heterocycles. The molecule has 0 aliphatic heterocycles. The van der Waals surface area contributed by atoms with Crippen LogP contribution in [0.25, 0.3) is 65.4 Å². The van der Waals surface area contributed by atoms with Gasteiger partial charge < -0.3 is 28.1 Å². The highest BCUT2D eigenvalue weighted by Gasteiger charge is 2.19. The molecule has 0 aliphatic carbocycles. The summed E-state index contributed by atoms with van der Waals surface area (Å²) in [5, 5.41) is 8.64. The Morgan fingerprint density at radius 3 is 0.984 bits per heavy atom. The molecule has 0 atom stereocenters. The molecule has 0 radical (unpaired) electrons. The highest BCUT2D eigenvalue weighted by molar-refractivity contribution is 6.18. The third kappa shape index (κ3) is 6.83. The Bertz CT molecular complexity index is 3270. The second-order valence-electron chi connectivity index (χ2n) is 17.4. The Labute approximate surface area is 372 Å². The number of furan rings is 2. The molecule has 64 heavy (non-hydrogen) atoms. The predicted octanol–water partition coefficient (Wildman–Crippen LogP) is 17.0. The maximum Gasteiger partial charge on any atom is 0.136 e. The van der Waals surface area contributed by atoms with E-state index in [4.69, 9.17) is 18.3 Å². The van der Waals surface area contributed by atoms with Crippen molar-refractivity contribution in [3.63, 3.8) is 0 Å². The number of hydrogen-bond donors (Lipinski definition) is 0. The van der Waals surface area contributed by atoms with Crippen molar-refractivity contribution in [1.82, 2.24) is 0 Å². The lowest BCUT2D eigenvalue weighted by atomic mass is 10.0. The Morgan fingerprint density at radius 1 is 0.328 bits per heavy atom. The van der Waals surface area contributed by atoms with E-state index >= 15 is 0 Å². The van der Waals surface area contributed by atoms with Gasteiger partial charge in [-0.15, -0.1) is 0 Å². The van der Waals surface area contributed by atoms with E-state index in [1.165, 1.54) is 11.1 Å². The van der Waals surface area contributed by atoms with Crippen molar-refractivity contribution in [2.45, 2.75) is 39.5 Å². The lowest BCUT2D eigenvalue weighted by molar-refractivity contribution is 0.414. The molecule has 0 unspecified atom stereocenters. The standard InChI is InChI=1S/C58H48N2O4/c1-35(2)37-7-13-43(14-8-37)59(45-19-23-49(61-5)24-20-45)47-17-11-39-29-51-53-33-58-54(34-57(53)63-55(51)31-41(39)27-47)52-30-40-12-18-48(28-42(40)32-56(52)64-58)60(46-21-25-50(62-6)26-22-46)44-15-9-38(10-16-44)36(3)4/h7-36H,1-6H3. The van der Waals surface area contributed by atoms with Crippen molar-refractivity contribution in [3.8, 4) is 11.5 Å².